The lowest BCUT2D eigenvalue weighted by molar-refractivity contribution is 0.215. The normalized spacial score (nSPS) is 15.6. The van der Waals surface area contributed by atoms with Crippen molar-refractivity contribution >= 4 is 35.8 Å². The van der Waals surface area contributed by atoms with Gasteiger partial charge < -0.3 is 20.0 Å². The molecule has 0 aliphatic carbocycles. The fourth-order valence-electron chi connectivity index (χ4n) is 3.44. The molecule has 7 nitrogen and oxygen atoms in total. The topological polar surface area (TPSA) is 68.9 Å². The number of furan rings is 1. The minimum absolute atomic E-state index is 0. The second kappa shape index (κ2) is 12.0. The van der Waals surface area contributed by atoms with Crippen LogP contribution in [-0.2, 0) is 6.54 Å². The van der Waals surface area contributed by atoms with E-state index in [2.05, 4.69) is 33.5 Å². The molecule has 0 aromatic carbocycles. The molecule has 1 aliphatic heterocycles. The molecule has 2 aromatic rings. The lowest BCUT2D eigenvalue weighted by atomic mass is 10.2. The van der Waals surface area contributed by atoms with Gasteiger partial charge >= 0.3 is 0 Å². The van der Waals surface area contributed by atoms with Crippen molar-refractivity contribution in [2.75, 3.05) is 45.2 Å². The first-order valence-electron chi connectivity index (χ1n) is 10.1. The van der Waals surface area contributed by atoms with Gasteiger partial charge in [-0.1, -0.05) is 6.07 Å². The Morgan fingerprint density at radius 2 is 2.00 bits per heavy atom. The summed E-state index contributed by atoms with van der Waals surface area (Å²) in [6.07, 6.45) is 4.25. The summed E-state index contributed by atoms with van der Waals surface area (Å²) >= 11 is 0. The minimum atomic E-state index is 0. The number of nitrogens with one attached hydrogen (secondary N) is 2. The van der Waals surface area contributed by atoms with Crippen molar-refractivity contribution in [3.63, 3.8) is 0 Å². The third kappa shape index (κ3) is 6.88. The van der Waals surface area contributed by atoms with Crippen LogP contribution in [0.3, 0.4) is 0 Å². The molecule has 0 spiro atoms. The first-order chi connectivity index (χ1) is 13.7. The van der Waals surface area contributed by atoms with E-state index in [0.29, 0.717) is 6.54 Å². The molecule has 1 aliphatic rings. The number of hydrogen-bond donors (Lipinski definition) is 2. The van der Waals surface area contributed by atoms with Gasteiger partial charge in [-0.25, -0.2) is 9.98 Å². The Morgan fingerprint density at radius 1 is 1.21 bits per heavy atom. The number of nitrogens with zero attached hydrogens (tertiary/aromatic N) is 4. The van der Waals surface area contributed by atoms with Crippen molar-refractivity contribution in [3.05, 3.63) is 48.0 Å². The lowest BCUT2D eigenvalue weighted by Crippen LogP contribution is -2.42. The number of halogens is 1. The molecule has 1 saturated heterocycles. The molecule has 1 fully saturated rings. The minimum Gasteiger partial charge on any atom is -0.468 e. The highest BCUT2D eigenvalue weighted by Crippen LogP contribution is 2.24. The number of hydrogen-bond acceptors (Lipinski definition) is 5. The van der Waals surface area contributed by atoms with E-state index in [1.54, 1.807) is 6.26 Å². The number of pyridine rings is 1. The molecule has 0 saturated carbocycles. The summed E-state index contributed by atoms with van der Waals surface area (Å²) in [5.41, 5.74) is 0.950. The van der Waals surface area contributed by atoms with Crippen LogP contribution in [0.2, 0.25) is 0 Å². The van der Waals surface area contributed by atoms with E-state index in [-0.39, 0.29) is 30.0 Å². The van der Waals surface area contributed by atoms with Crippen LogP contribution in [0.15, 0.2) is 46.0 Å². The molecular weight excluding hydrogens is 479 g/mol. The first kappa shape index (κ1) is 23.5. The van der Waals surface area contributed by atoms with Crippen LogP contribution in [0.25, 0.3) is 0 Å². The van der Waals surface area contributed by atoms with Crippen molar-refractivity contribution in [1.29, 1.82) is 0 Å². The molecule has 2 aromatic heterocycles. The zero-order chi connectivity index (χ0) is 19.8. The van der Waals surface area contributed by atoms with Gasteiger partial charge in [0, 0.05) is 27.2 Å². The molecule has 1 unspecified atom stereocenters. The van der Waals surface area contributed by atoms with E-state index in [1.165, 1.54) is 12.8 Å². The highest BCUT2D eigenvalue weighted by atomic mass is 127. The molecular formula is C21H33IN6O. The maximum absolute atomic E-state index is 5.71. The van der Waals surface area contributed by atoms with Gasteiger partial charge in [0.2, 0.25) is 0 Å². The van der Waals surface area contributed by atoms with E-state index in [9.17, 15) is 0 Å². The van der Waals surface area contributed by atoms with Crippen molar-refractivity contribution in [2.45, 2.75) is 32.4 Å². The third-order valence-electron chi connectivity index (χ3n) is 4.91. The van der Waals surface area contributed by atoms with Crippen LogP contribution in [-0.4, -0.2) is 56.1 Å². The van der Waals surface area contributed by atoms with Gasteiger partial charge in [0.1, 0.15) is 11.6 Å². The van der Waals surface area contributed by atoms with Crippen LogP contribution < -0.4 is 15.5 Å². The Labute approximate surface area is 191 Å². The van der Waals surface area contributed by atoms with Gasteiger partial charge in [0.25, 0.3) is 0 Å². The summed E-state index contributed by atoms with van der Waals surface area (Å²) in [6.45, 7) is 6.40. The molecule has 29 heavy (non-hydrogen) atoms. The summed E-state index contributed by atoms with van der Waals surface area (Å²) in [5.74, 6) is 2.75. The fraction of sp³-hybridized carbons (Fsp3) is 0.524. The molecule has 8 heteroatoms. The fourth-order valence-corrected chi connectivity index (χ4v) is 3.44. The van der Waals surface area contributed by atoms with Gasteiger partial charge in [0.05, 0.1) is 24.5 Å². The Kier molecular flexibility index (Phi) is 9.72. The highest BCUT2D eigenvalue weighted by Gasteiger charge is 2.25. The summed E-state index contributed by atoms with van der Waals surface area (Å²) < 4.78 is 5.71. The summed E-state index contributed by atoms with van der Waals surface area (Å²) in [6, 6.07) is 10.3. The Balaban J connectivity index is 0.00000300. The van der Waals surface area contributed by atoms with Gasteiger partial charge in [-0.2, -0.15) is 0 Å². The smallest absolute Gasteiger partial charge is 0.191 e. The van der Waals surface area contributed by atoms with Crippen LogP contribution in [0.4, 0.5) is 5.82 Å². The molecule has 0 bridgehead atoms. The van der Waals surface area contributed by atoms with E-state index in [4.69, 9.17) is 9.41 Å². The van der Waals surface area contributed by atoms with Gasteiger partial charge in [-0.15, -0.1) is 24.0 Å². The van der Waals surface area contributed by atoms with Crippen LogP contribution >= 0.6 is 24.0 Å². The third-order valence-corrected chi connectivity index (χ3v) is 4.91. The molecule has 3 rings (SSSR count). The average Bonchev–Trinajstić information content (AvgIpc) is 3.41. The molecule has 2 N–H and O–H groups in total. The quantitative estimate of drug-likeness (QED) is 0.322. The van der Waals surface area contributed by atoms with Crippen molar-refractivity contribution in [1.82, 2.24) is 20.5 Å². The molecule has 3 heterocycles. The Hall–Kier alpha value is -1.81. The van der Waals surface area contributed by atoms with Gasteiger partial charge in [0.15, 0.2) is 5.96 Å². The molecule has 0 amide bonds. The zero-order valence-corrected chi connectivity index (χ0v) is 19.9. The van der Waals surface area contributed by atoms with Crippen molar-refractivity contribution in [2.24, 2.45) is 4.99 Å². The number of aromatic nitrogens is 1. The van der Waals surface area contributed by atoms with Gasteiger partial charge in [-0.05, 0) is 57.1 Å². The molecule has 160 valence electrons. The Morgan fingerprint density at radius 3 is 2.66 bits per heavy atom. The molecule has 0 radical (unpaired) electrons. The van der Waals surface area contributed by atoms with E-state index < -0.39 is 0 Å². The first-order valence-corrected chi connectivity index (χ1v) is 10.1. The highest BCUT2D eigenvalue weighted by molar-refractivity contribution is 14.0. The number of likely N-dealkylation sites (tertiary alicyclic amines) is 1. The number of anilines is 1. The predicted molar refractivity (Wildman–Crippen MR) is 129 cm³/mol. The largest absolute Gasteiger partial charge is 0.468 e. The number of aliphatic imine (C=N–C) groups is 1. The van der Waals surface area contributed by atoms with Crippen molar-refractivity contribution in [3.8, 4) is 0 Å². The van der Waals surface area contributed by atoms with E-state index in [1.807, 2.05) is 43.3 Å². The van der Waals surface area contributed by atoms with Crippen LogP contribution in [0.1, 0.15) is 37.3 Å². The monoisotopic (exact) mass is 512 g/mol. The lowest BCUT2D eigenvalue weighted by Gasteiger charge is -2.26. The van der Waals surface area contributed by atoms with Crippen LogP contribution in [0, 0.1) is 0 Å². The average molecular weight is 512 g/mol. The standard InChI is InChI=1S/C21H32N6O.HI/c1-4-22-21(23-15-17-9-7-11-20(25-17)26(2)3)24-16-18(19-10-8-14-28-19)27-12-5-6-13-27;/h7-11,14,18H,4-6,12-13,15-16H2,1-3H3,(H2,22,23,24);1H. The molecule has 1 atom stereocenters. The number of guanidine groups is 1. The van der Waals surface area contributed by atoms with E-state index in [0.717, 1.165) is 49.4 Å². The maximum Gasteiger partial charge on any atom is 0.191 e. The summed E-state index contributed by atoms with van der Waals surface area (Å²) in [5, 5.41) is 6.83. The maximum atomic E-state index is 5.71. The Bertz CT molecular complexity index is 743. The summed E-state index contributed by atoms with van der Waals surface area (Å²) in [4.78, 5) is 13.9. The zero-order valence-electron chi connectivity index (χ0n) is 17.6. The second-order valence-corrected chi connectivity index (χ2v) is 7.23. The van der Waals surface area contributed by atoms with Crippen molar-refractivity contribution < 1.29 is 4.42 Å². The number of rotatable bonds is 8. The summed E-state index contributed by atoms with van der Waals surface area (Å²) in [7, 11) is 3.99. The van der Waals surface area contributed by atoms with Gasteiger partial charge in [-0.3, -0.25) is 4.90 Å². The predicted octanol–water partition coefficient (Wildman–Crippen LogP) is 3.25. The second-order valence-electron chi connectivity index (χ2n) is 7.23. The van der Waals surface area contributed by atoms with Crippen LogP contribution in [0.5, 0.6) is 0 Å². The SMILES string of the molecule is CCNC(=NCc1cccc(N(C)C)n1)NCC(c1ccco1)N1CCCC1.I. The van der Waals surface area contributed by atoms with E-state index >= 15 is 0 Å².